The van der Waals surface area contributed by atoms with Gasteiger partial charge in [0.1, 0.15) is 12.4 Å². The first-order valence-corrected chi connectivity index (χ1v) is 8.82. The zero-order valence-electron chi connectivity index (χ0n) is 14.1. The second kappa shape index (κ2) is 7.78. The highest BCUT2D eigenvalue weighted by Crippen LogP contribution is 2.36. The Morgan fingerprint density at radius 2 is 1.62 bits per heavy atom. The van der Waals surface area contributed by atoms with Gasteiger partial charge in [-0.1, -0.05) is 37.6 Å². The summed E-state index contributed by atoms with van der Waals surface area (Å²) in [6.07, 6.45) is 6.53. The lowest BCUT2D eigenvalue weighted by molar-refractivity contribution is 0.303. The third-order valence-corrected chi connectivity index (χ3v) is 5.17. The fourth-order valence-electron chi connectivity index (χ4n) is 3.52. The van der Waals surface area contributed by atoms with Gasteiger partial charge in [-0.15, -0.1) is 0 Å². The molecule has 24 heavy (non-hydrogen) atoms. The maximum Gasteiger partial charge on any atom is 0.162 e. The van der Waals surface area contributed by atoms with E-state index in [1.54, 1.807) is 0 Å². The molecule has 0 spiro atoms. The monoisotopic (exact) mass is 330 g/mol. The van der Waals surface area contributed by atoms with Gasteiger partial charge in [0.2, 0.25) is 0 Å². The fourth-order valence-corrected chi connectivity index (χ4v) is 3.52. The molecule has 0 N–H and O–H groups in total. The van der Waals surface area contributed by atoms with Crippen LogP contribution in [0, 0.1) is 17.6 Å². The lowest BCUT2D eigenvalue weighted by Crippen LogP contribution is -2.12. The predicted octanol–water partition coefficient (Wildman–Crippen LogP) is 6.23. The van der Waals surface area contributed by atoms with Gasteiger partial charge in [0.05, 0.1) is 0 Å². The lowest BCUT2D eigenvalue weighted by Gasteiger charge is -2.28. The summed E-state index contributed by atoms with van der Waals surface area (Å²) >= 11 is 0. The summed E-state index contributed by atoms with van der Waals surface area (Å²) < 4.78 is 31.6. The molecule has 3 heteroatoms. The van der Waals surface area contributed by atoms with Gasteiger partial charge in [-0.25, -0.2) is 8.78 Å². The van der Waals surface area contributed by atoms with Gasteiger partial charge in [0.15, 0.2) is 11.6 Å². The van der Waals surface area contributed by atoms with Crippen molar-refractivity contribution in [3.63, 3.8) is 0 Å². The summed E-state index contributed by atoms with van der Waals surface area (Å²) in [4.78, 5) is 0. The molecule has 0 saturated heterocycles. The summed E-state index contributed by atoms with van der Waals surface area (Å²) in [6.45, 7) is 2.64. The minimum atomic E-state index is -0.884. The van der Waals surface area contributed by atoms with Crippen molar-refractivity contribution in [1.82, 2.24) is 0 Å². The quantitative estimate of drug-likeness (QED) is 0.631. The number of rotatable bonds is 5. The highest BCUT2D eigenvalue weighted by atomic mass is 19.2. The number of ether oxygens (including phenoxy) is 1. The highest BCUT2D eigenvalue weighted by molar-refractivity contribution is 5.27. The molecule has 1 saturated carbocycles. The molecule has 0 amide bonds. The first-order valence-electron chi connectivity index (χ1n) is 8.82. The Morgan fingerprint density at radius 1 is 0.917 bits per heavy atom. The van der Waals surface area contributed by atoms with E-state index in [4.69, 9.17) is 4.74 Å². The van der Waals surface area contributed by atoms with E-state index in [0.29, 0.717) is 18.3 Å². The second-order valence-electron chi connectivity index (χ2n) is 6.73. The van der Waals surface area contributed by atoms with Gasteiger partial charge in [0, 0.05) is 6.07 Å². The molecule has 1 fully saturated rings. The molecule has 128 valence electrons. The Balaban J connectivity index is 1.55. The normalized spacial score (nSPS) is 20.8. The number of hydrogen-bond donors (Lipinski definition) is 0. The van der Waals surface area contributed by atoms with Gasteiger partial charge in [-0.3, -0.25) is 0 Å². The molecule has 0 atom stereocenters. The number of benzene rings is 2. The molecule has 0 radical (unpaired) electrons. The molecule has 0 heterocycles. The van der Waals surface area contributed by atoms with E-state index < -0.39 is 11.6 Å². The van der Waals surface area contributed by atoms with E-state index in [2.05, 4.69) is 31.2 Å². The van der Waals surface area contributed by atoms with Crippen LogP contribution in [-0.4, -0.2) is 0 Å². The van der Waals surface area contributed by atoms with Gasteiger partial charge in [-0.05, 0) is 60.8 Å². The van der Waals surface area contributed by atoms with Gasteiger partial charge in [0.25, 0.3) is 0 Å². The Kier molecular flexibility index (Phi) is 5.49. The van der Waals surface area contributed by atoms with Crippen LogP contribution in [0.1, 0.15) is 56.1 Å². The van der Waals surface area contributed by atoms with Crippen molar-refractivity contribution in [2.45, 2.75) is 51.6 Å². The van der Waals surface area contributed by atoms with Gasteiger partial charge >= 0.3 is 0 Å². The van der Waals surface area contributed by atoms with Crippen molar-refractivity contribution in [2.75, 3.05) is 0 Å². The smallest absolute Gasteiger partial charge is 0.162 e. The summed E-state index contributed by atoms with van der Waals surface area (Å²) in [6, 6.07) is 12.1. The average Bonchev–Trinajstić information content (AvgIpc) is 2.63. The minimum Gasteiger partial charge on any atom is -0.489 e. The van der Waals surface area contributed by atoms with Crippen LogP contribution in [0.15, 0.2) is 42.5 Å². The van der Waals surface area contributed by atoms with E-state index in [1.165, 1.54) is 43.7 Å². The molecule has 3 rings (SSSR count). The summed E-state index contributed by atoms with van der Waals surface area (Å²) in [5, 5.41) is 0. The van der Waals surface area contributed by atoms with Gasteiger partial charge < -0.3 is 4.74 Å². The lowest BCUT2D eigenvalue weighted by atomic mass is 9.78. The van der Waals surface area contributed by atoms with Crippen LogP contribution in [-0.2, 0) is 6.61 Å². The Labute approximate surface area is 142 Å². The van der Waals surface area contributed by atoms with E-state index in [0.717, 1.165) is 23.6 Å². The Bertz CT molecular complexity index is 658. The molecule has 1 nitrogen and oxygen atoms in total. The van der Waals surface area contributed by atoms with Crippen LogP contribution < -0.4 is 4.74 Å². The van der Waals surface area contributed by atoms with Crippen LogP contribution in [0.25, 0.3) is 0 Å². The van der Waals surface area contributed by atoms with Crippen molar-refractivity contribution in [2.24, 2.45) is 5.92 Å². The highest BCUT2D eigenvalue weighted by Gasteiger charge is 2.21. The second-order valence-corrected chi connectivity index (χ2v) is 6.73. The molecule has 2 aromatic carbocycles. The zero-order chi connectivity index (χ0) is 16.9. The molecule has 0 aliphatic heterocycles. The molecule has 0 bridgehead atoms. The van der Waals surface area contributed by atoms with Crippen LogP contribution >= 0.6 is 0 Å². The molecule has 0 unspecified atom stereocenters. The maximum absolute atomic E-state index is 13.2. The van der Waals surface area contributed by atoms with Crippen LogP contribution in [0.3, 0.4) is 0 Å². The predicted molar refractivity (Wildman–Crippen MR) is 92.1 cm³/mol. The van der Waals surface area contributed by atoms with Crippen molar-refractivity contribution in [3.8, 4) is 5.75 Å². The minimum absolute atomic E-state index is 0.343. The number of hydrogen-bond acceptors (Lipinski definition) is 1. The van der Waals surface area contributed by atoms with Crippen LogP contribution in [0.5, 0.6) is 5.75 Å². The molecule has 1 aliphatic carbocycles. The Morgan fingerprint density at radius 3 is 2.25 bits per heavy atom. The molecule has 1 aliphatic rings. The maximum atomic E-state index is 13.2. The number of halogens is 2. The third-order valence-electron chi connectivity index (χ3n) is 5.17. The van der Waals surface area contributed by atoms with Gasteiger partial charge in [-0.2, -0.15) is 0 Å². The van der Waals surface area contributed by atoms with Crippen LogP contribution in [0.2, 0.25) is 0 Å². The van der Waals surface area contributed by atoms with Crippen molar-refractivity contribution in [3.05, 3.63) is 65.2 Å². The molecular weight excluding hydrogens is 306 g/mol. The molecular formula is C21H24F2O. The van der Waals surface area contributed by atoms with Crippen molar-refractivity contribution < 1.29 is 13.5 Å². The van der Waals surface area contributed by atoms with Crippen molar-refractivity contribution in [1.29, 1.82) is 0 Å². The summed E-state index contributed by atoms with van der Waals surface area (Å²) in [7, 11) is 0. The first kappa shape index (κ1) is 16.9. The molecule has 2 aromatic rings. The first-order chi connectivity index (χ1) is 11.7. The zero-order valence-corrected chi connectivity index (χ0v) is 14.1. The Hall–Kier alpha value is -1.90. The largest absolute Gasteiger partial charge is 0.489 e. The third kappa shape index (κ3) is 4.14. The topological polar surface area (TPSA) is 9.23 Å². The summed E-state index contributed by atoms with van der Waals surface area (Å²) in [5.41, 5.74) is 2.44. The van der Waals surface area contributed by atoms with E-state index >= 15 is 0 Å². The SMILES string of the molecule is CC[C@H]1CC[C@H](c2ccc(COc3ccc(F)c(F)c3)cc2)CC1. The summed E-state index contributed by atoms with van der Waals surface area (Å²) in [5.74, 6) is 0.185. The van der Waals surface area contributed by atoms with Crippen LogP contribution in [0.4, 0.5) is 8.78 Å². The standard InChI is InChI=1S/C21H24F2O/c1-2-15-3-7-17(8-4-15)18-9-5-16(6-10-18)14-24-19-11-12-20(22)21(23)13-19/h5-6,9-13,15,17H,2-4,7-8,14H2,1H3/t15-,17-. The molecule has 0 aromatic heterocycles. The van der Waals surface area contributed by atoms with E-state index in [9.17, 15) is 8.78 Å². The van der Waals surface area contributed by atoms with E-state index in [-0.39, 0.29) is 0 Å². The van der Waals surface area contributed by atoms with Crippen molar-refractivity contribution >= 4 is 0 Å². The fraction of sp³-hybridized carbons (Fsp3) is 0.429. The average molecular weight is 330 g/mol. The van der Waals surface area contributed by atoms with E-state index in [1.807, 2.05) is 0 Å².